The Morgan fingerprint density at radius 3 is 2.76 bits per heavy atom. The molecule has 3 aromatic heterocycles. The lowest BCUT2D eigenvalue weighted by molar-refractivity contribution is 0.0350. The Morgan fingerprint density at radius 1 is 1.06 bits per heavy atom. The van der Waals surface area contributed by atoms with Gasteiger partial charge < -0.3 is 24.8 Å². The first-order valence-corrected chi connectivity index (χ1v) is 12.6. The monoisotopic (exact) mass is 464 g/mol. The number of hydrogen-bond acceptors (Lipinski definition) is 8. The van der Waals surface area contributed by atoms with Gasteiger partial charge in [-0.3, -0.25) is 5.32 Å². The predicted molar refractivity (Wildman–Crippen MR) is 135 cm³/mol. The molecule has 1 atom stereocenters. The van der Waals surface area contributed by atoms with Crippen molar-refractivity contribution in [2.45, 2.75) is 44.9 Å². The van der Waals surface area contributed by atoms with Gasteiger partial charge >= 0.3 is 0 Å². The van der Waals surface area contributed by atoms with Crippen molar-refractivity contribution < 1.29 is 5.11 Å². The van der Waals surface area contributed by atoms with Crippen molar-refractivity contribution in [2.24, 2.45) is 5.92 Å². The van der Waals surface area contributed by atoms with Crippen molar-refractivity contribution in [3.8, 4) is 0 Å². The van der Waals surface area contributed by atoms with Crippen LogP contribution in [0.3, 0.4) is 0 Å². The maximum absolute atomic E-state index is 10.1. The molecule has 2 fully saturated rings. The number of rotatable bonds is 9. The molecule has 5 rings (SSSR count). The molecule has 3 N–H and O–H groups in total. The number of likely N-dealkylation sites (N-methyl/N-ethyl adjacent to an activating group) is 1. The second-order valence-electron chi connectivity index (χ2n) is 9.60. The van der Waals surface area contributed by atoms with Crippen LogP contribution in [0.15, 0.2) is 36.8 Å². The number of anilines is 3. The molecule has 1 saturated heterocycles. The highest BCUT2D eigenvalue weighted by Gasteiger charge is 2.24. The summed E-state index contributed by atoms with van der Waals surface area (Å²) < 4.78 is 2.15. The fraction of sp³-hybridized carbons (Fsp3) is 0.560. The molecule has 1 unspecified atom stereocenters. The molecule has 2 aliphatic rings. The number of pyridine rings is 1. The van der Waals surface area contributed by atoms with Crippen LogP contribution >= 0.6 is 0 Å². The number of hydrogen-bond donors (Lipinski definition) is 3. The largest absolute Gasteiger partial charge is 0.378 e. The molecule has 1 aliphatic carbocycles. The van der Waals surface area contributed by atoms with E-state index >= 15 is 0 Å². The van der Waals surface area contributed by atoms with Gasteiger partial charge in [-0.15, -0.1) is 0 Å². The minimum absolute atomic E-state index is 0.367. The summed E-state index contributed by atoms with van der Waals surface area (Å²) in [6, 6.07) is 6.16. The zero-order valence-corrected chi connectivity index (χ0v) is 20.0. The van der Waals surface area contributed by atoms with Crippen molar-refractivity contribution in [1.29, 1.82) is 0 Å². The molecule has 1 saturated carbocycles. The maximum Gasteiger partial charge on any atom is 0.229 e. The number of aromatic nitrogens is 4. The van der Waals surface area contributed by atoms with Crippen molar-refractivity contribution >= 4 is 28.5 Å². The zero-order chi connectivity index (χ0) is 23.3. The second kappa shape index (κ2) is 10.7. The Hall–Kier alpha value is -2.75. The lowest BCUT2D eigenvalue weighted by Gasteiger charge is -2.30. The Labute approximate surface area is 201 Å². The van der Waals surface area contributed by atoms with E-state index < -0.39 is 0 Å². The molecule has 0 aromatic carbocycles. The van der Waals surface area contributed by atoms with E-state index in [9.17, 15) is 5.11 Å². The van der Waals surface area contributed by atoms with E-state index in [0.29, 0.717) is 11.9 Å². The van der Waals surface area contributed by atoms with E-state index in [-0.39, 0.29) is 6.23 Å². The van der Waals surface area contributed by atoms with E-state index in [4.69, 9.17) is 4.98 Å². The smallest absolute Gasteiger partial charge is 0.229 e. The van der Waals surface area contributed by atoms with Gasteiger partial charge in [-0.2, -0.15) is 4.98 Å². The number of aryl methyl sites for hydroxylation is 1. The van der Waals surface area contributed by atoms with Crippen LogP contribution in [0.2, 0.25) is 0 Å². The molecule has 0 spiro atoms. The van der Waals surface area contributed by atoms with E-state index in [0.717, 1.165) is 87.5 Å². The summed E-state index contributed by atoms with van der Waals surface area (Å²) in [5, 5.41) is 17.7. The van der Waals surface area contributed by atoms with Crippen LogP contribution in [0.4, 0.5) is 17.5 Å². The first kappa shape index (κ1) is 23.0. The molecular weight excluding hydrogens is 428 g/mol. The maximum atomic E-state index is 10.1. The summed E-state index contributed by atoms with van der Waals surface area (Å²) in [7, 11) is 2.18. The van der Waals surface area contributed by atoms with Gasteiger partial charge in [0.25, 0.3) is 0 Å². The molecular formula is C25H36N8O. The summed E-state index contributed by atoms with van der Waals surface area (Å²) in [4.78, 5) is 18.6. The number of nitrogens with one attached hydrogen (secondary N) is 2. The van der Waals surface area contributed by atoms with Crippen LogP contribution in [-0.4, -0.2) is 75.5 Å². The second-order valence-corrected chi connectivity index (χ2v) is 9.60. The third-order valence-corrected chi connectivity index (χ3v) is 7.08. The highest BCUT2D eigenvalue weighted by atomic mass is 16.3. The van der Waals surface area contributed by atoms with Gasteiger partial charge in [0, 0.05) is 44.0 Å². The zero-order valence-electron chi connectivity index (χ0n) is 20.0. The van der Waals surface area contributed by atoms with Crippen LogP contribution in [0.5, 0.6) is 0 Å². The Balaban J connectivity index is 1.18. The fourth-order valence-corrected chi connectivity index (χ4v) is 4.68. The van der Waals surface area contributed by atoms with Gasteiger partial charge in [0.1, 0.15) is 17.7 Å². The van der Waals surface area contributed by atoms with Crippen molar-refractivity contribution in [3.63, 3.8) is 0 Å². The summed E-state index contributed by atoms with van der Waals surface area (Å²) in [6.45, 7) is 5.87. The van der Waals surface area contributed by atoms with E-state index in [1.807, 2.05) is 24.5 Å². The normalized spacial score (nSPS) is 18.6. The number of fused-ring (bicyclic) bond motifs is 1. The molecule has 9 heteroatoms. The molecule has 0 radical (unpaired) electrons. The minimum atomic E-state index is -0.367. The van der Waals surface area contributed by atoms with Crippen LogP contribution < -0.4 is 15.5 Å². The van der Waals surface area contributed by atoms with Gasteiger partial charge in [0.2, 0.25) is 5.95 Å². The molecule has 182 valence electrons. The van der Waals surface area contributed by atoms with Gasteiger partial charge in [0.05, 0.1) is 11.9 Å². The topological polar surface area (TPSA) is 94.4 Å². The van der Waals surface area contributed by atoms with Gasteiger partial charge in [-0.1, -0.05) is 6.42 Å². The number of nitrogens with zero attached hydrogens (tertiary/aromatic N) is 6. The predicted octanol–water partition coefficient (Wildman–Crippen LogP) is 2.81. The first-order chi connectivity index (χ1) is 16.7. The van der Waals surface area contributed by atoms with Crippen molar-refractivity contribution in [1.82, 2.24) is 29.7 Å². The Kier molecular flexibility index (Phi) is 7.22. The lowest BCUT2D eigenvalue weighted by Crippen LogP contribution is -2.39. The fourth-order valence-electron chi connectivity index (χ4n) is 4.68. The quantitative estimate of drug-likeness (QED) is 0.329. The van der Waals surface area contributed by atoms with Crippen LogP contribution in [0, 0.1) is 5.92 Å². The highest BCUT2D eigenvalue weighted by molar-refractivity contribution is 5.76. The molecule has 3 aromatic rings. The van der Waals surface area contributed by atoms with Gasteiger partial charge in [-0.05, 0) is 69.9 Å². The summed E-state index contributed by atoms with van der Waals surface area (Å²) >= 11 is 0. The first-order valence-electron chi connectivity index (χ1n) is 12.6. The van der Waals surface area contributed by atoms with Crippen LogP contribution in [0.25, 0.3) is 11.0 Å². The molecule has 1 aliphatic heterocycles. The molecule has 9 nitrogen and oxygen atoms in total. The van der Waals surface area contributed by atoms with E-state index in [2.05, 4.69) is 54.3 Å². The Bertz CT molecular complexity index is 1060. The third-order valence-electron chi connectivity index (χ3n) is 7.08. The van der Waals surface area contributed by atoms with Crippen LogP contribution in [-0.2, 0) is 6.54 Å². The minimum Gasteiger partial charge on any atom is -0.378 e. The standard InChI is InChI=1S/C25H36N8O/c1-31-11-4-13-32(16-15-31)22-8-7-21(18-27-22)29-25-28-17-20-9-14-33(23(20)30-25)12-3-10-26-24(34)19-5-2-6-19/h7-9,14,17-19,24,26,34H,2-6,10-13,15-16H2,1H3,(H,28,29,30). The SMILES string of the molecule is CN1CCCN(c2ccc(Nc3ncc4ccn(CCCNC(O)C5CCC5)c4n3)cn2)CC1. The third kappa shape index (κ3) is 5.48. The molecule has 0 bridgehead atoms. The number of aliphatic hydroxyl groups is 1. The highest BCUT2D eigenvalue weighted by Crippen LogP contribution is 2.28. The number of aliphatic hydroxyl groups excluding tert-OH is 1. The van der Waals surface area contributed by atoms with Crippen molar-refractivity contribution in [3.05, 3.63) is 36.8 Å². The Morgan fingerprint density at radius 2 is 1.97 bits per heavy atom. The summed E-state index contributed by atoms with van der Waals surface area (Å²) in [6.07, 6.45) is 11.0. The van der Waals surface area contributed by atoms with Crippen LogP contribution in [0.1, 0.15) is 32.1 Å². The van der Waals surface area contributed by atoms with Crippen molar-refractivity contribution in [2.75, 3.05) is 50.0 Å². The van der Waals surface area contributed by atoms with E-state index in [1.54, 1.807) is 0 Å². The average molecular weight is 465 g/mol. The molecule has 4 heterocycles. The lowest BCUT2D eigenvalue weighted by atomic mass is 9.84. The average Bonchev–Trinajstić information content (AvgIpc) is 3.07. The molecule has 34 heavy (non-hydrogen) atoms. The van der Waals surface area contributed by atoms with Gasteiger partial charge in [-0.25, -0.2) is 9.97 Å². The summed E-state index contributed by atoms with van der Waals surface area (Å²) in [5.41, 5.74) is 1.79. The van der Waals surface area contributed by atoms with E-state index in [1.165, 1.54) is 6.42 Å². The molecule has 0 amide bonds. The summed E-state index contributed by atoms with van der Waals surface area (Å²) in [5.74, 6) is 2.02. The van der Waals surface area contributed by atoms with Gasteiger partial charge in [0.15, 0.2) is 0 Å².